The number of carbonyl (C=O) groups is 1. The molecule has 0 saturated carbocycles. The molecule has 20 heavy (non-hydrogen) atoms. The minimum absolute atomic E-state index is 0.363. The van der Waals surface area contributed by atoms with E-state index in [1.54, 1.807) is 42.7 Å². The summed E-state index contributed by atoms with van der Waals surface area (Å²) in [5.74, 6) is 0.474. The minimum atomic E-state index is -0.363. The van der Waals surface area contributed by atoms with Crippen LogP contribution in [0.25, 0.3) is 6.08 Å². The summed E-state index contributed by atoms with van der Waals surface area (Å²) in [4.78, 5) is 15.6. The number of halogens is 2. The maximum absolute atomic E-state index is 11.6. The fourth-order valence-corrected chi connectivity index (χ4v) is 1.86. The van der Waals surface area contributed by atoms with Crippen LogP contribution in [0, 0.1) is 0 Å². The number of hydrogen-bond acceptors (Lipinski definition) is 2. The van der Waals surface area contributed by atoms with Crippen molar-refractivity contribution < 1.29 is 4.79 Å². The van der Waals surface area contributed by atoms with Crippen LogP contribution in [0.1, 0.15) is 5.56 Å². The predicted molar refractivity (Wildman–Crippen MR) is 84.6 cm³/mol. The van der Waals surface area contributed by atoms with Crippen LogP contribution in [0.4, 0.5) is 10.6 Å². The lowest BCUT2D eigenvalue weighted by Gasteiger charge is -2.03. The summed E-state index contributed by atoms with van der Waals surface area (Å²) in [7, 11) is 0. The highest BCUT2D eigenvalue weighted by Gasteiger charge is 1.99. The van der Waals surface area contributed by atoms with Gasteiger partial charge in [0.1, 0.15) is 5.82 Å². The third-order valence-electron chi connectivity index (χ3n) is 2.31. The number of pyridine rings is 1. The average Bonchev–Trinajstić information content (AvgIpc) is 2.41. The largest absolute Gasteiger partial charge is 0.324 e. The number of nitrogens with one attached hydrogen (secondary N) is 2. The van der Waals surface area contributed by atoms with Gasteiger partial charge in [0.15, 0.2) is 0 Å². The van der Waals surface area contributed by atoms with Crippen molar-refractivity contribution in [3.8, 4) is 0 Å². The number of hydrogen-bond donors (Lipinski definition) is 2. The first-order valence-electron chi connectivity index (χ1n) is 5.75. The van der Waals surface area contributed by atoms with Gasteiger partial charge in [0.25, 0.3) is 0 Å². The van der Waals surface area contributed by atoms with Crippen LogP contribution in [0.2, 0.25) is 5.02 Å². The molecule has 102 valence electrons. The number of aromatic nitrogens is 1. The maximum Gasteiger partial charge on any atom is 0.324 e. The standard InChI is InChI=1S/C14H11BrClN3O/c15-11-4-5-13(18-9-11)19-14(20)17-7-6-10-2-1-3-12(16)8-10/h1-9H,(H2,17,18,19,20)/b7-6+. The quantitative estimate of drug-likeness (QED) is 0.866. The van der Waals surface area contributed by atoms with Gasteiger partial charge in [0.2, 0.25) is 0 Å². The lowest BCUT2D eigenvalue weighted by Crippen LogP contribution is -2.24. The number of benzene rings is 1. The van der Waals surface area contributed by atoms with E-state index in [9.17, 15) is 4.79 Å². The van der Waals surface area contributed by atoms with E-state index >= 15 is 0 Å². The molecule has 0 spiro atoms. The monoisotopic (exact) mass is 351 g/mol. The molecule has 0 saturated heterocycles. The van der Waals surface area contributed by atoms with E-state index in [0.717, 1.165) is 10.0 Å². The molecule has 0 atom stereocenters. The van der Waals surface area contributed by atoms with Crippen molar-refractivity contribution in [1.82, 2.24) is 10.3 Å². The number of anilines is 1. The Morgan fingerprint density at radius 2 is 2.15 bits per heavy atom. The van der Waals surface area contributed by atoms with Crippen molar-refractivity contribution in [2.75, 3.05) is 5.32 Å². The molecule has 2 N–H and O–H groups in total. The van der Waals surface area contributed by atoms with Crippen LogP contribution < -0.4 is 10.6 Å². The molecule has 0 fully saturated rings. The van der Waals surface area contributed by atoms with Gasteiger partial charge in [0, 0.05) is 21.9 Å². The number of urea groups is 1. The van der Waals surface area contributed by atoms with Crippen molar-refractivity contribution in [1.29, 1.82) is 0 Å². The summed E-state index contributed by atoms with van der Waals surface area (Å²) < 4.78 is 0.851. The summed E-state index contributed by atoms with van der Waals surface area (Å²) in [6, 6.07) is 10.4. The first kappa shape index (κ1) is 14.6. The Hall–Kier alpha value is -1.85. The second kappa shape index (κ2) is 7.07. The van der Waals surface area contributed by atoms with Crippen LogP contribution in [0.3, 0.4) is 0 Å². The van der Waals surface area contributed by atoms with E-state index in [0.29, 0.717) is 10.8 Å². The van der Waals surface area contributed by atoms with E-state index in [4.69, 9.17) is 11.6 Å². The van der Waals surface area contributed by atoms with E-state index in [1.807, 2.05) is 12.1 Å². The molecule has 0 unspecified atom stereocenters. The SMILES string of the molecule is O=C(N/C=C/c1cccc(Cl)c1)Nc1ccc(Br)cn1. The summed E-state index contributed by atoms with van der Waals surface area (Å²) in [5, 5.41) is 5.84. The van der Waals surface area contributed by atoms with Crippen LogP contribution in [0.15, 0.2) is 53.3 Å². The van der Waals surface area contributed by atoms with E-state index < -0.39 is 0 Å². The van der Waals surface area contributed by atoms with Crippen LogP contribution in [-0.2, 0) is 0 Å². The van der Waals surface area contributed by atoms with Gasteiger partial charge in [-0.25, -0.2) is 9.78 Å². The fraction of sp³-hybridized carbons (Fsp3) is 0. The highest BCUT2D eigenvalue weighted by Crippen LogP contribution is 2.12. The smallest absolute Gasteiger partial charge is 0.314 e. The zero-order valence-corrected chi connectivity index (χ0v) is 12.6. The third kappa shape index (κ3) is 4.68. The number of nitrogens with zero attached hydrogens (tertiary/aromatic N) is 1. The maximum atomic E-state index is 11.6. The van der Waals surface area contributed by atoms with Crippen molar-refractivity contribution in [3.05, 3.63) is 63.9 Å². The molecule has 0 aliphatic heterocycles. The van der Waals surface area contributed by atoms with E-state index in [-0.39, 0.29) is 6.03 Å². The molecule has 1 aromatic heterocycles. The first-order chi connectivity index (χ1) is 9.63. The van der Waals surface area contributed by atoms with Crippen LogP contribution >= 0.6 is 27.5 Å². The molecule has 4 nitrogen and oxygen atoms in total. The lowest BCUT2D eigenvalue weighted by atomic mass is 10.2. The summed E-state index contributed by atoms with van der Waals surface area (Å²) >= 11 is 9.13. The topological polar surface area (TPSA) is 54.0 Å². The number of carbonyl (C=O) groups excluding carboxylic acids is 1. The van der Waals surface area contributed by atoms with Gasteiger partial charge < -0.3 is 5.32 Å². The molecule has 2 amide bonds. The van der Waals surface area contributed by atoms with Gasteiger partial charge >= 0.3 is 6.03 Å². The molecular formula is C14H11BrClN3O. The van der Waals surface area contributed by atoms with Gasteiger partial charge in [0.05, 0.1) is 0 Å². The molecule has 1 aromatic carbocycles. The highest BCUT2D eigenvalue weighted by atomic mass is 79.9. The molecule has 0 bridgehead atoms. The van der Waals surface area contributed by atoms with Gasteiger partial charge in [-0.05, 0) is 51.8 Å². The van der Waals surface area contributed by atoms with Crippen molar-refractivity contribution in [3.63, 3.8) is 0 Å². The van der Waals surface area contributed by atoms with Gasteiger partial charge in [-0.2, -0.15) is 0 Å². The summed E-state index contributed by atoms with van der Waals surface area (Å²) in [6.07, 6.45) is 4.90. The van der Waals surface area contributed by atoms with Gasteiger partial charge in [-0.3, -0.25) is 5.32 Å². The van der Waals surface area contributed by atoms with Crippen molar-refractivity contribution in [2.45, 2.75) is 0 Å². The number of rotatable bonds is 3. The van der Waals surface area contributed by atoms with Gasteiger partial charge in [-0.1, -0.05) is 23.7 Å². The second-order valence-electron chi connectivity index (χ2n) is 3.85. The molecule has 1 heterocycles. The first-order valence-corrected chi connectivity index (χ1v) is 6.92. The Morgan fingerprint density at radius 3 is 2.85 bits per heavy atom. The van der Waals surface area contributed by atoms with Crippen molar-refractivity contribution in [2.24, 2.45) is 0 Å². The molecular weight excluding hydrogens is 342 g/mol. The average molecular weight is 353 g/mol. The Kier molecular flexibility index (Phi) is 5.15. The molecule has 0 aliphatic carbocycles. The molecule has 2 rings (SSSR count). The Balaban J connectivity index is 1.87. The molecule has 0 radical (unpaired) electrons. The molecule has 2 aromatic rings. The molecule has 6 heteroatoms. The van der Waals surface area contributed by atoms with Crippen molar-refractivity contribution >= 4 is 45.5 Å². The normalized spacial score (nSPS) is 10.5. The van der Waals surface area contributed by atoms with E-state index in [1.165, 1.54) is 0 Å². The zero-order chi connectivity index (χ0) is 14.4. The van der Waals surface area contributed by atoms with Crippen LogP contribution in [0.5, 0.6) is 0 Å². The predicted octanol–water partition coefficient (Wildman–Crippen LogP) is 4.29. The Labute approximate surface area is 130 Å². The Bertz CT molecular complexity index is 629. The van der Waals surface area contributed by atoms with E-state index in [2.05, 4.69) is 31.5 Å². The van der Waals surface area contributed by atoms with Crippen LogP contribution in [-0.4, -0.2) is 11.0 Å². The zero-order valence-electron chi connectivity index (χ0n) is 10.3. The Morgan fingerprint density at radius 1 is 1.30 bits per heavy atom. The van der Waals surface area contributed by atoms with Gasteiger partial charge in [-0.15, -0.1) is 0 Å². The third-order valence-corrected chi connectivity index (χ3v) is 3.01. The fourth-order valence-electron chi connectivity index (χ4n) is 1.43. The number of amides is 2. The lowest BCUT2D eigenvalue weighted by molar-refractivity contribution is 0.255. The minimum Gasteiger partial charge on any atom is -0.314 e. The second-order valence-corrected chi connectivity index (χ2v) is 5.20. The summed E-state index contributed by atoms with van der Waals surface area (Å²) in [6.45, 7) is 0. The summed E-state index contributed by atoms with van der Waals surface area (Å²) in [5.41, 5.74) is 0.902. The highest BCUT2D eigenvalue weighted by molar-refractivity contribution is 9.10. The molecule has 0 aliphatic rings.